The highest BCUT2D eigenvalue weighted by Crippen LogP contribution is 2.33. The van der Waals surface area contributed by atoms with Crippen molar-refractivity contribution in [2.24, 2.45) is 0 Å². The van der Waals surface area contributed by atoms with Crippen LogP contribution in [0.15, 0.2) is 18.2 Å². The molecule has 0 aromatic heterocycles. The van der Waals surface area contributed by atoms with Crippen LogP contribution in [0.3, 0.4) is 0 Å². The van der Waals surface area contributed by atoms with Crippen molar-refractivity contribution in [2.75, 3.05) is 27.3 Å². The fourth-order valence-corrected chi connectivity index (χ4v) is 2.69. The zero-order chi connectivity index (χ0) is 18.0. The minimum atomic E-state index is -2.82. The standard InChI is InChI=1S/C17H24F2N2O3.ClH/c1-16(2,11-5-6-13(23-3)14(7-11)24-4)9-21-15(22)12-8-17(18,19)10-20-12;/h5-7,12,20H,8-10H2,1-4H3,(H,21,22);1H. The largest absolute Gasteiger partial charge is 0.493 e. The molecule has 0 spiro atoms. The van der Waals surface area contributed by atoms with Crippen LogP contribution >= 0.6 is 12.4 Å². The van der Waals surface area contributed by atoms with Crippen molar-refractivity contribution in [1.82, 2.24) is 10.6 Å². The Hall–Kier alpha value is -1.60. The Kier molecular flexibility index (Phi) is 7.02. The fraction of sp³-hybridized carbons (Fsp3) is 0.588. The molecule has 1 saturated heterocycles. The van der Waals surface area contributed by atoms with E-state index in [1.807, 2.05) is 26.0 Å². The lowest BCUT2D eigenvalue weighted by Crippen LogP contribution is -2.45. The van der Waals surface area contributed by atoms with Crippen LogP contribution in [0.25, 0.3) is 0 Å². The summed E-state index contributed by atoms with van der Waals surface area (Å²) in [5, 5.41) is 5.32. The van der Waals surface area contributed by atoms with Crippen molar-refractivity contribution in [3.8, 4) is 11.5 Å². The van der Waals surface area contributed by atoms with Gasteiger partial charge in [0.2, 0.25) is 5.91 Å². The van der Waals surface area contributed by atoms with E-state index in [0.29, 0.717) is 18.0 Å². The maximum Gasteiger partial charge on any atom is 0.262 e. The van der Waals surface area contributed by atoms with Crippen LogP contribution in [0, 0.1) is 0 Å². The Morgan fingerprint density at radius 3 is 2.48 bits per heavy atom. The molecular weight excluding hydrogens is 354 g/mol. The molecule has 5 nitrogen and oxygen atoms in total. The van der Waals surface area contributed by atoms with Crippen LogP contribution in [0.1, 0.15) is 25.8 Å². The molecule has 0 aliphatic carbocycles. The van der Waals surface area contributed by atoms with Gasteiger partial charge in [-0.15, -0.1) is 12.4 Å². The summed E-state index contributed by atoms with van der Waals surface area (Å²) in [5.74, 6) is -1.99. The third-order valence-electron chi connectivity index (χ3n) is 4.30. The molecule has 142 valence electrons. The van der Waals surface area contributed by atoms with Gasteiger partial charge >= 0.3 is 0 Å². The predicted molar refractivity (Wildman–Crippen MR) is 94.2 cm³/mol. The first-order valence-corrected chi connectivity index (χ1v) is 7.80. The number of alkyl halides is 2. The van der Waals surface area contributed by atoms with Crippen LogP contribution < -0.4 is 20.1 Å². The second-order valence-electron chi connectivity index (χ2n) is 6.67. The van der Waals surface area contributed by atoms with Gasteiger partial charge in [-0.25, -0.2) is 8.78 Å². The first-order valence-electron chi connectivity index (χ1n) is 7.80. The fourth-order valence-electron chi connectivity index (χ4n) is 2.69. The smallest absolute Gasteiger partial charge is 0.262 e. The van der Waals surface area contributed by atoms with Crippen molar-refractivity contribution in [1.29, 1.82) is 0 Å². The minimum absolute atomic E-state index is 0. The van der Waals surface area contributed by atoms with Crippen molar-refractivity contribution in [3.05, 3.63) is 23.8 Å². The average molecular weight is 379 g/mol. The number of nitrogens with one attached hydrogen (secondary N) is 2. The summed E-state index contributed by atoms with van der Waals surface area (Å²) in [4.78, 5) is 12.1. The van der Waals surface area contributed by atoms with Gasteiger partial charge in [-0.05, 0) is 17.7 Å². The van der Waals surface area contributed by atoms with Crippen LogP contribution in [0.2, 0.25) is 0 Å². The van der Waals surface area contributed by atoms with Gasteiger partial charge in [-0.2, -0.15) is 0 Å². The van der Waals surface area contributed by atoms with E-state index in [-0.39, 0.29) is 12.4 Å². The molecule has 1 unspecified atom stereocenters. The number of benzene rings is 1. The molecule has 1 aromatic carbocycles. The van der Waals surface area contributed by atoms with E-state index >= 15 is 0 Å². The Morgan fingerprint density at radius 2 is 1.96 bits per heavy atom. The Balaban J connectivity index is 0.00000312. The van der Waals surface area contributed by atoms with Gasteiger partial charge in [-0.1, -0.05) is 19.9 Å². The highest BCUT2D eigenvalue weighted by molar-refractivity contribution is 5.85. The average Bonchev–Trinajstić information content (AvgIpc) is 2.92. The zero-order valence-corrected chi connectivity index (χ0v) is 15.6. The summed E-state index contributed by atoms with van der Waals surface area (Å²) in [6.45, 7) is 3.80. The van der Waals surface area contributed by atoms with Crippen LogP contribution in [-0.2, 0) is 10.2 Å². The number of ether oxygens (including phenoxy) is 2. The van der Waals surface area contributed by atoms with E-state index in [0.717, 1.165) is 5.56 Å². The third kappa shape index (κ3) is 5.19. The normalized spacial score (nSPS) is 19.0. The molecular formula is C17H25ClF2N2O3. The molecule has 1 aliphatic rings. The van der Waals surface area contributed by atoms with Crippen molar-refractivity contribution >= 4 is 18.3 Å². The number of rotatable bonds is 6. The van der Waals surface area contributed by atoms with E-state index in [2.05, 4.69) is 10.6 Å². The third-order valence-corrected chi connectivity index (χ3v) is 4.30. The number of halogens is 3. The first kappa shape index (κ1) is 21.4. The molecule has 0 radical (unpaired) electrons. The Bertz CT molecular complexity index is 612. The van der Waals surface area contributed by atoms with Crippen molar-refractivity contribution < 1.29 is 23.0 Å². The maximum absolute atomic E-state index is 13.2. The molecule has 1 aliphatic heterocycles. The molecule has 25 heavy (non-hydrogen) atoms. The number of hydrogen-bond acceptors (Lipinski definition) is 4. The van der Waals surface area contributed by atoms with Crippen LogP contribution in [0.5, 0.6) is 11.5 Å². The minimum Gasteiger partial charge on any atom is -0.493 e. The molecule has 1 aromatic rings. The van der Waals surface area contributed by atoms with E-state index in [9.17, 15) is 13.6 Å². The number of hydrogen-bond donors (Lipinski definition) is 2. The summed E-state index contributed by atoms with van der Waals surface area (Å²) in [6, 6.07) is 4.71. The topological polar surface area (TPSA) is 59.6 Å². The number of carbonyl (C=O) groups excluding carboxylic acids is 1. The van der Waals surface area contributed by atoms with Gasteiger partial charge in [0.05, 0.1) is 26.8 Å². The van der Waals surface area contributed by atoms with E-state index in [1.54, 1.807) is 20.3 Å². The Morgan fingerprint density at radius 1 is 1.32 bits per heavy atom. The lowest BCUT2D eigenvalue weighted by molar-refractivity contribution is -0.123. The monoisotopic (exact) mass is 378 g/mol. The van der Waals surface area contributed by atoms with Crippen molar-refractivity contribution in [3.63, 3.8) is 0 Å². The number of amides is 1. The predicted octanol–water partition coefficient (Wildman–Crippen LogP) is 2.52. The second-order valence-corrected chi connectivity index (χ2v) is 6.67. The van der Waals surface area contributed by atoms with Gasteiger partial charge < -0.3 is 14.8 Å². The van der Waals surface area contributed by atoms with Crippen LogP contribution in [0.4, 0.5) is 8.78 Å². The van der Waals surface area contributed by atoms with Gasteiger partial charge in [0.25, 0.3) is 5.92 Å². The van der Waals surface area contributed by atoms with E-state index < -0.39 is 36.3 Å². The summed E-state index contributed by atoms with van der Waals surface area (Å²) >= 11 is 0. The molecule has 1 heterocycles. The van der Waals surface area contributed by atoms with E-state index in [1.165, 1.54) is 0 Å². The summed E-state index contributed by atoms with van der Waals surface area (Å²) in [7, 11) is 3.12. The highest BCUT2D eigenvalue weighted by atomic mass is 35.5. The molecule has 1 atom stereocenters. The highest BCUT2D eigenvalue weighted by Gasteiger charge is 2.42. The van der Waals surface area contributed by atoms with Gasteiger partial charge in [0, 0.05) is 18.4 Å². The van der Waals surface area contributed by atoms with Crippen LogP contribution in [-0.4, -0.2) is 45.2 Å². The summed E-state index contributed by atoms with van der Waals surface area (Å²) in [5.41, 5.74) is 0.557. The first-order chi connectivity index (χ1) is 11.2. The molecule has 2 rings (SSSR count). The van der Waals surface area contributed by atoms with E-state index in [4.69, 9.17) is 9.47 Å². The second kappa shape index (κ2) is 8.19. The Labute approximate surface area is 152 Å². The van der Waals surface area contributed by atoms with Gasteiger partial charge in [0.15, 0.2) is 11.5 Å². The molecule has 1 fully saturated rings. The lowest BCUT2D eigenvalue weighted by Gasteiger charge is -2.27. The van der Waals surface area contributed by atoms with Gasteiger partial charge in [0.1, 0.15) is 0 Å². The summed E-state index contributed by atoms with van der Waals surface area (Å²) < 4.78 is 36.9. The molecule has 2 N–H and O–H groups in total. The zero-order valence-electron chi connectivity index (χ0n) is 14.8. The molecule has 0 bridgehead atoms. The SMILES string of the molecule is COc1ccc(C(C)(C)CNC(=O)C2CC(F)(F)CN2)cc1OC.Cl. The molecule has 0 saturated carbocycles. The maximum atomic E-state index is 13.2. The quantitative estimate of drug-likeness (QED) is 0.798. The number of methoxy groups -OCH3 is 2. The lowest BCUT2D eigenvalue weighted by atomic mass is 9.84. The summed E-state index contributed by atoms with van der Waals surface area (Å²) in [6.07, 6.45) is -0.463. The van der Waals surface area contributed by atoms with Gasteiger partial charge in [-0.3, -0.25) is 10.1 Å². The molecule has 1 amide bonds. The molecule has 8 heteroatoms. The number of carbonyl (C=O) groups is 1. The van der Waals surface area contributed by atoms with Crippen molar-refractivity contribution in [2.45, 2.75) is 37.6 Å².